The molecular weight excluding hydrogens is 673 g/mol. The highest BCUT2D eigenvalue weighted by Gasteiger charge is 2.14. The molecule has 0 unspecified atom stereocenters. The number of rotatable bonds is 13. The van der Waals surface area contributed by atoms with Gasteiger partial charge in [-0.15, -0.1) is 22.7 Å². The molecule has 1 aliphatic rings. The third-order valence-electron chi connectivity index (χ3n) is 8.83. The van der Waals surface area contributed by atoms with Crippen LogP contribution in [-0.4, -0.2) is 46.2 Å². The maximum Gasteiger partial charge on any atom is 0.214 e. The molecule has 7 rings (SSSR count). The van der Waals surface area contributed by atoms with E-state index in [9.17, 15) is 0 Å². The number of anilines is 2. The summed E-state index contributed by atoms with van der Waals surface area (Å²) in [4.78, 5) is 21.8. The minimum absolute atomic E-state index is 0.524. The minimum Gasteiger partial charge on any atom is -0.382 e. The number of nitrogens with two attached hydrogens (primary N) is 3. The molecule has 0 atom stereocenters. The minimum atomic E-state index is 0.524. The van der Waals surface area contributed by atoms with E-state index in [1.165, 1.54) is 46.9 Å². The lowest BCUT2D eigenvalue weighted by Crippen LogP contribution is -1.98. The number of aryl methyl sites for hydroxylation is 4. The smallest absolute Gasteiger partial charge is 0.214 e. The van der Waals surface area contributed by atoms with Gasteiger partial charge in [-0.05, 0) is 100 Å². The van der Waals surface area contributed by atoms with Crippen LogP contribution in [0.15, 0.2) is 36.4 Å². The van der Waals surface area contributed by atoms with Crippen molar-refractivity contribution in [3.8, 4) is 0 Å². The van der Waals surface area contributed by atoms with Crippen LogP contribution in [0.2, 0.25) is 0 Å². The molecule has 0 spiro atoms. The topological polar surface area (TPSA) is 143 Å². The summed E-state index contributed by atoms with van der Waals surface area (Å²) in [6.45, 7) is 14.5. The standard InChI is InChI=1S/C18H20N4S.C18H24N4S.C4H8O/c1-3-6-15-22-16-17(23-15)13-9-8-12(7-4-5-10-20-2)11-14(13)21-18(16)19;1-2-6-15-22-16-17(23-15)13-9-8-12(7-4-3-5-10-19)11-14(13)21-18(16)20;1-2-4-5-3-1/h8-9,11H,3-7,10H2,1H3,(H2,19,21);8-9,11H,2-7,10,19H2,1H3,(H2,20,21);1-4H2. The number of benzene rings is 2. The van der Waals surface area contributed by atoms with Crippen molar-refractivity contribution in [2.75, 3.05) is 37.8 Å². The van der Waals surface area contributed by atoms with E-state index < -0.39 is 0 Å². The monoisotopic (exact) mass is 724 g/mol. The van der Waals surface area contributed by atoms with Gasteiger partial charge in [-0.1, -0.05) is 44.5 Å². The Labute approximate surface area is 309 Å². The average Bonchev–Trinajstić information content (AvgIpc) is 3.93. The van der Waals surface area contributed by atoms with Gasteiger partial charge in [0, 0.05) is 30.4 Å². The number of ether oxygens (including phenoxy) is 1. The van der Waals surface area contributed by atoms with E-state index in [1.54, 1.807) is 22.7 Å². The van der Waals surface area contributed by atoms with Gasteiger partial charge in [0.1, 0.15) is 11.0 Å². The molecule has 1 saturated heterocycles. The van der Waals surface area contributed by atoms with Gasteiger partial charge < -0.3 is 26.8 Å². The summed E-state index contributed by atoms with van der Waals surface area (Å²) < 4.78 is 7.26. The van der Waals surface area contributed by atoms with Gasteiger partial charge in [-0.25, -0.2) is 26.5 Å². The van der Waals surface area contributed by atoms with E-state index >= 15 is 0 Å². The molecule has 6 aromatic rings. The van der Waals surface area contributed by atoms with Crippen LogP contribution in [0.25, 0.3) is 47.1 Å². The molecule has 5 heterocycles. The number of pyridine rings is 2. The van der Waals surface area contributed by atoms with Crippen LogP contribution in [0.3, 0.4) is 0 Å². The van der Waals surface area contributed by atoms with E-state index in [4.69, 9.17) is 28.5 Å². The van der Waals surface area contributed by atoms with Gasteiger partial charge in [0.25, 0.3) is 0 Å². The average molecular weight is 725 g/mol. The number of thiazole rings is 2. The largest absolute Gasteiger partial charge is 0.382 e. The number of hydrogen-bond donors (Lipinski definition) is 3. The summed E-state index contributed by atoms with van der Waals surface area (Å²) in [6.07, 6.45) is 14.2. The number of hydrogen-bond acceptors (Lipinski definition) is 10. The zero-order chi connectivity index (χ0) is 36.0. The highest BCUT2D eigenvalue weighted by molar-refractivity contribution is 7.20. The highest BCUT2D eigenvalue weighted by atomic mass is 32.1. The first-order chi connectivity index (χ1) is 24.9. The predicted octanol–water partition coefficient (Wildman–Crippen LogP) is 9.47. The molecule has 1 aliphatic heterocycles. The quantitative estimate of drug-likeness (QED) is 0.0790. The van der Waals surface area contributed by atoms with Gasteiger partial charge in [0.05, 0.1) is 30.4 Å². The van der Waals surface area contributed by atoms with Crippen LogP contribution in [0, 0.1) is 6.57 Å². The van der Waals surface area contributed by atoms with E-state index in [1.807, 2.05) is 0 Å². The molecule has 0 saturated carbocycles. The Bertz CT molecular complexity index is 2050. The van der Waals surface area contributed by atoms with Crippen LogP contribution < -0.4 is 17.2 Å². The van der Waals surface area contributed by atoms with Gasteiger partial charge in [0.15, 0.2) is 11.6 Å². The van der Waals surface area contributed by atoms with E-state index in [-0.39, 0.29) is 0 Å². The molecule has 2 aromatic carbocycles. The number of aromatic nitrogens is 4. The SMILES string of the molecule is C1CCOC1.CCCc1nc2c(N)nc3cc(CCCCCN)ccc3c2s1.[C-]#[N+]CCCCc1ccc2c(c1)nc(N)c1nc(CCC)sc12. The van der Waals surface area contributed by atoms with Crippen molar-refractivity contribution < 1.29 is 4.74 Å². The molecule has 9 nitrogen and oxygen atoms in total. The van der Waals surface area contributed by atoms with Crippen LogP contribution in [0.4, 0.5) is 11.6 Å². The lowest BCUT2D eigenvalue weighted by Gasteiger charge is -2.05. The van der Waals surface area contributed by atoms with Crippen molar-refractivity contribution >= 4 is 76.5 Å². The lowest BCUT2D eigenvalue weighted by molar-refractivity contribution is 0.198. The molecule has 0 radical (unpaired) electrons. The Balaban J connectivity index is 0.000000174. The summed E-state index contributed by atoms with van der Waals surface area (Å²) in [5.74, 6) is 1.07. The van der Waals surface area contributed by atoms with Crippen molar-refractivity contribution in [3.63, 3.8) is 0 Å². The zero-order valence-electron chi connectivity index (χ0n) is 30.2. The Hall–Kier alpha value is -3.95. The summed E-state index contributed by atoms with van der Waals surface area (Å²) in [5, 5.41) is 4.58. The Kier molecular flexibility index (Phi) is 14.7. The second-order valence-corrected chi connectivity index (χ2v) is 15.2. The van der Waals surface area contributed by atoms with E-state index in [0.717, 1.165) is 120 Å². The van der Waals surface area contributed by atoms with Crippen molar-refractivity contribution in [3.05, 3.63) is 69.0 Å². The fourth-order valence-electron chi connectivity index (χ4n) is 6.16. The lowest BCUT2D eigenvalue weighted by atomic mass is 10.0. The fraction of sp³-hybridized carbons (Fsp3) is 0.475. The van der Waals surface area contributed by atoms with E-state index in [2.05, 4.69) is 75.0 Å². The normalized spacial score (nSPS) is 12.6. The first-order valence-electron chi connectivity index (χ1n) is 18.5. The van der Waals surface area contributed by atoms with Gasteiger partial charge >= 0.3 is 0 Å². The highest BCUT2D eigenvalue weighted by Crippen LogP contribution is 2.35. The van der Waals surface area contributed by atoms with Crippen molar-refractivity contribution in [1.82, 2.24) is 19.9 Å². The van der Waals surface area contributed by atoms with Gasteiger partial charge in [-0.3, -0.25) is 0 Å². The summed E-state index contributed by atoms with van der Waals surface area (Å²) >= 11 is 3.48. The maximum atomic E-state index is 6.82. The summed E-state index contributed by atoms with van der Waals surface area (Å²) in [7, 11) is 0. The van der Waals surface area contributed by atoms with Crippen LogP contribution in [0.1, 0.15) is 92.8 Å². The molecule has 0 amide bonds. The third-order valence-corrected chi connectivity index (χ3v) is 11.1. The van der Waals surface area contributed by atoms with Gasteiger partial charge in [0.2, 0.25) is 6.54 Å². The number of nitrogen functional groups attached to an aromatic ring is 2. The predicted molar refractivity (Wildman–Crippen MR) is 218 cm³/mol. The maximum absolute atomic E-state index is 6.82. The first kappa shape index (κ1) is 38.3. The third kappa shape index (κ3) is 10.3. The van der Waals surface area contributed by atoms with Crippen molar-refractivity contribution in [2.24, 2.45) is 5.73 Å². The van der Waals surface area contributed by atoms with Crippen molar-refractivity contribution in [2.45, 2.75) is 97.3 Å². The molecule has 6 N–H and O–H groups in total. The number of unbranched alkanes of at least 4 members (excludes halogenated alkanes) is 3. The summed E-state index contributed by atoms with van der Waals surface area (Å²) in [6, 6.07) is 13.0. The van der Waals surface area contributed by atoms with Crippen LogP contribution >= 0.6 is 22.7 Å². The molecule has 4 aromatic heterocycles. The number of fused-ring (bicyclic) bond motifs is 6. The molecule has 0 aliphatic carbocycles. The Morgan fingerprint density at radius 2 is 1.20 bits per heavy atom. The molecule has 51 heavy (non-hydrogen) atoms. The number of nitrogens with zero attached hydrogens (tertiary/aromatic N) is 5. The Morgan fingerprint density at radius 3 is 1.63 bits per heavy atom. The van der Waals surface area contributed by atoms with Crippen LogP contribution in [0.5, 0.6) is 0 Å². The summed E-state index contributed by atoms with van der Waals surface area (Å²) in [5.41, 5.74) is 24.0. The Morgan fingerprint density at radius 1 is 0.686 bits per heavy atom. The van der Waals surface area contributed by atoms with E-state index in [0.29, 0.717) is 18.2 Å². The van der Waals surface area contributed by atoms with Gasteiger partial charge in [-0.2, -0.15) is 0 Å². The molecular formula is C40H52N8OS2. The molecule has 0 bridgehead atoms. The second-order valence-electron chi connectivity index (χ2n) is 13.0. The van der Waals surface area contributed by atoms with Crippen molar-refractivity contribution in [1.29, 1.82) is 0 Å². The second kappa shape index (κ2) is 19.6. The molecule has 1 fully saturated rings. The zero-order valence-corrected chi connectivity index (χ0v) is 31.8. The van der Waals surface area contributed by atoms with Crippen LogP contribution in [-0.2, 0) is 30.4 Å². The first-order valence-corrected chi connectivity index (χ1v) is 20.1. The molecule has 11 heteroatoms. The molecule has 270 valence electrons. The fourth-order valence-corrected chi connectivity index (χ4v) is 8.58.